The van der Waals surface area contributed by atoms with Gasteiger partial charge in [-0.25, -0.2) is 4.39 Å². The van der Waals surface area contributed by atoms with E-state index in [1.54, 1.807) is 6.92 Å². The minimum atomic E-state index is -0.595. The van der Waals surface area contributed by atoms with Crippen molar-refractivity contribution in [2.45, 2.75) is 13.0 Å². The van der Waals surface area contributed by atoms with E-state index in [1.807, 2.05) is 0 Å². The molecule has 1 rings (SSSR count). The first kappa shape index (κ1) is 12.1. The van der Waals surface area contributed by atoms with Gasteiger partial charge in [0.1, 0.15) is 16.5 Å². The maximum absolute atomic E-state index is 13.8. The lowest BCUT2D eigenvalue weighted by Gasteiger charge is -2.15. The second-order valence-electron chi connectivity index (χ2n) is 3.11. The molecule has 5 heteroatoms. The third-order valence-electron chi connectivity index (χ3n) is 2.07. The van der Waals surface area contributed by atoms with Gasteiger partial charge in [-0.3, -0.25) is 0 Å². The molecular weight excluding hydrogens is 221 g/mol. The molecule has 0 radical (unpaired) electrons. The Labute approximate surface area is 92.9 Å². The van der Waals surface area contributed by atoms with Crippen molar-refractivity contribution in [3.63, 3.8) is 0 Å². The first-order valence-corrected chi connectivity index (χ1v) is 4.76. The van der Waals surface area contributed by atoms with E-state index in [0.29, 0.717) is 5.75 Å². The lowest BCUT2D eigenvalue weighted by molar-refractivity contribution is 0.381. The first-order valence-electron chi connectivity index (χ1n) is 4.38. The SMILES string of the molecule is COc1cc(OC)c(C(C)N)c(F)c1Cl. The summed E-state index contributed by atoms with van der Waals surface area (Å²) in [6.07, 6.45) is 0. The zero-order valence-electron chi connectivity index (χ0n) is 8.80. The van der Waals surface area contributed by atoms with E-state index < -0.39 is 11.9 Å². The Morgan fingerprint density at radius 2 is 1.87 bits per heavy atom. The predicted molar refractivity (Wildman–Crippen MR) is 57.1 cm³/mol. The van der Waals surface area contributed by atoms with Crippen molar-refractivity contribution in [1.82, 2.24) is 0 Å². The molecule has 0 amide bonds. The minimum absolute atomic E-state index is 0.0781. The van der Waals surface area contributed by atoms with Gasteiger partial charge in [-0.15, -0.1) is 0 Å². The van der Waals surface area contributed by atoms with Crippen LogP contribution in [0.5, 0.6) is 11.5 Å². The summed E-state index contributed by atoms with van der Waals surface area (Å²) in [5.41, 5.74) is 5.88. The largest absolute Gasteiger partial charge is 0.496 e. The third-order valence-corrected chi connectivity index (χ3v) is 2.42. The minimum Gasteiger partial charge on any atom is -0.496 e. The van der Waals surface area contributed by atoms with Gasteiger partial charge in [-0.05, 0) is 6.92 Å². The number of benzene rings is 1. The van der Waals surface area contributed by atoms with Crippen molar-refractivity contribution >= 4 is 11.6 Å². The Kier molecular flexibility index (Phi) is 3.77. The van der Waals surface area contributed by atoms with Crippen LogP contribution in [-0.2, 0) is 0 Å². The topological polar surface area (TPSA) is 44.5 Å². The summed E-state index contributed by atoms with van der Waals surface area (Å²) in [6, 6.07) is 1.02. The highest BCUT2D eigenvalue weighted by Gasteiger charge is 2.20. The summed E-state index contributed by atoms with van der Waals surface area (Å²) < 4.78 is 23.7. The highest BCUT2D eigenvalue weighted by molar-refractivity contribution is 6.32. The molecule has 0 aliphatic rings. The van der Waals surface area contributed by atoms with Crippen molar-refractivity contribution in [3.05, 3.63) is 22.5 Å². The number of rotatable bonds is 3. The van der Waals surface area contributed by atoms with E-state index >= 15 is 0 Å². The van der Waals surface area contributed by atoms with Gasteiger partial charge in [0, 0.05) is 17.7 Å². The number of hydrogen-bond donors (Lipinski definition) is 1. The molecule has 0 aliphatic heterocycles. The Morgan fingerprint density at radius 1 is 1.33 bits per heavy atom. The van der Waals surface area contributed by atoms with Crippen LogP contribution in [-0.4, -0.2) is 14.2 Å². The summed E-state index contributed by atoms with van der Waals surface area (Å²) in [4.78, 5) is 0. The van der Waals surface area contributed by atoms with Crippen LogP contribution in [0.2, 0.25) is 5.02 Å². The van der Waals surface area contributed by atoms with Gasteiger partial charge in [0.2, 0.25) is 0 Å². The van der Waals surface area contributed by atoms with Crippen LogP contribution in [0, 0.1) is 5.82 Å². The van der Waals surface area contributed by atoms with Crippen LogP contribution in [0.25, 0.3) is 0 Å². The molecule has 0 spiro atoms. The fourth-order valence-electron chi connectivity index (χ4n) is 1.34. The van der Waals surface area contributed by atoms with Gasteiger partial charge in [-0.2, -0.15) is 0 Å². The molecule has 3 nitrogen and oxygen atoms in total. The highest BCUT2D eigenvalue weighted by Crippen LogP contribution is 2.38. The van der Waals surface area contributed by atoms with Crippen molar-refractivity contribution in [1.29, 1.82) is 0 Å². The molecule has 0 heterocycles. The monoisotopic (exact) mass is 233 g/mol. The Hall–Kier alpha value is -1.00. The second-order valence-corrected chi connectivity index (χ2v) is 3.49. The van der Waals surface area contributed by atoms with Crippen molar-refractivity contribution in [3.8, 4) is 11.5 Å². The molecule has 0 aliphatic carbocycles. The van der Waals surface area contributed by atoms with Crippen LogP contribution in [0.3, 0.4) is 0 Å². The smallest absolute Gasteiger partial charge is 0.154 e. The average molecular weight is 234 g/mol. The maximum atomic E-state index is 13.8. The van der Waals surface area contributed by atoms with Gasteiger partial charge in [0.05, 0.1) is 14.2 Å². The summed E-state index contributed by atoms with van der Waals surface area (Å²) in [6.45, 7) is 1.66. The van der Waals surface area contributed by atoms with Crippen LogP contribution < -0.4 is 15.2 Å². The number of ether oxygens (including phenoxy) is 2. The zero-order valence-corrected chi connectivity index (χ0v) is 9.56. The predicted octanol–water partition coefficient (Wildman–Crippen LogP) is 2.52. The van der Waals surface area contributed by atoms with Gasteiger partial charge in [0.25, 0.3) is 0 Å². The van der Waals surface area contributed by atoms with Gasteiger partial charge in [-0.1, -0.05) is 11.6 Å². The van der Waals surface area contributed by atoms with E-state index in [9.17, 15) is 4.39 Å². The number of methoxy groups -OCH3 is 2. The summed E-state index contributed by atoms with van der Waals surface area (Å²) in [5.74, 6) is -0.0259. The molecular formula is C10H13ClFNO2. The molecule has 84 valence electrons. The molecule has 2 N–H and O–H groups in total. The fourth-order valence-corrected chi connectivity index (χ4v) is 1.57. The zero-order chi connectivity index (χ0) is 11.6. The molecule has 0 bridgehead atoms. The maximum Gasteiger partial charge on any atom is 0.154 e. The first-order chi connectivity index (χ1) is 7.02. The lowest BCUT2D eigenvalue weighted by Crippen LogP contribution is -2.10. The van der Waals surface area contributed by atoms with Gasteiger partial charge >= 0.3 is 0 Å². The molecule has 0 aromatic heterocycles. The highest BCUT2D eigenvalue weighted by atomic mass is 35.5. The Bertz CT molecular complexity index is 369. The van der Waals surface area contributed by atoms with Crippen LogP contribution >= 0.6 is 11.6 Å². The van der Waals surface area contributed by atoms with Crippen LogP contribution in [0.15, 0.2) is 6.07 Å². The number of hydrogen-bond acceptors (Lipinski definition) is 3. The Balaban J connectivity index is 3.44. The molecule has 1 atom stereocenters. The van der Waals surface area contributed by atoms with Crippen LogP contribution in [0.1, 0.15) is 18.5 Å². The summed E-state index contributed by atoms with van der Waals surface area (Å²) >= 11 is 5.76. The van der Waals surface area contributed by atoms with Crippen molar-refractivity contribution in [2.75, 3.05) is 14.2 Å². The second kappa shape index (κ2) is 4.68. The number of nitrogens with two attached hydrogens (primary N) is 1. The average Bonchev–Trinajstić information content (AvgIpc) is 2.20. The summed E-state index contributed by atoms with van der Waals surface area (Å²) in [5, 5.41) is -0.0781. The lowest BCUT2D eigenvalue weighted by atomic mass is 10.1. The van der Waals surface area contributed by atoms with E-state index in [1.165, 1.54) is 20.3 Å². The van der Waals surface area contributed by atoms with Gasteiger partial charge in [0.15, 0.2) is 5.82 Å². The van der Waals surface area contributed by atoms with E-state index in [4.69, 9.17) is 26.8 Å². The molecule has 15 heavy (non-hydrogen) atoms. The molecule has 0 saturated heterocycles. The molecule has 1 aromatic rings. The molecule has 0 fully saturated rings. The molecule has 1 aromatic carbocycles. The quantitative estimate of drug-likeness (QED) is 0.873. The van der Waals surface area contributed by atoms with Gasteiger partial charge < -0.3 is 15.2 Å². The standard InChI is InChI=1S/C10H13ClFNO2/c1-5(13)8-6(14-2)4-7(15-3)9(11)10(8)12/h4-5H,13H2,1-3H3. The number of halogens is 2. The third kappa shape index (κ3) is 2.16. The molecule has 1 unspecified atom stereocenters. The molecule has 0 saturated carbocycles. The van der Waals surface area contributed by atoms with E-state index in [0.717, 1.165) is 0 Å². The van der Waals surface area contributed by atoms with Crippen LogP contribution in [0.4, 0.5) is 4.39 Å². The van der Waals surface area contributed by atoms with E-state index in [-0.39, 0.29) is 16.3 Å². The Morgan fingerprint density at radius 3 is 2.27 bits per heavy atom. The van der Waals surface area contributed by atoms with E-state index in [2.05, 4.69) is 0 Å². The van der Waals surface area contributed by atoms with Crippen molar-refractivity contribution in [2.24, 2.45) is 5.73 Å². The normalized spacial score (nSPS) is 12.4. The fraction of sp³-hybridized carbons (Fsp3) is 0.400. The summed E-state index contributed by atoms with van der Waals surface area (Å²) in [7, 11) is 2.85. The van der Waals surface area contributed by atoms with Crippen molar-refractivity contribution < 1.29 is 13.9 Å².